The monoisotopic (exact) mass is 422 g/mol. The Morgan fingerprint density at radius 1 is 0.870 bits per heavy atom. The summed E-state index contributed by atoms with van der Waals surface area (Å²) in [6.45, 7) is 14.0. The number of hydrogen-bond donors (Lipinski definition) is 0. The predicted molar refractivity (Wildman–Crippen MR) is 88.3 cm³/mol. The van der Waals surface area contributed by atoms with Gasteiger partial charge in [0.2, 0.25) is 0 Å². The normalized spacial score (nSPS) is 10.5. The third-order valence-electron chi connectivity index (χ3n) is 4.11. The van der Waals surface area contributed by atoms with Crippen molar-refractivity contribution in [2.75, 3.05) is 0 Å². The zero-order valence-electron chi connectivity index (χ0n) is 14.7. The number of benzene rings is 1. The quantitative estimate of drug-likeness (QED) is 0.346. The smallest absolute Gasteiger partial charge is 1.00 e. The van der Waals surface area contributed by atoms with E-state index in [1.807, 2.05) is 0 Å². The second-order valence-corrected chi connectivity index (χ2v) is 12.2. The van der Waals surface area contributed by atoms with Crippen LogP contribution in [0.25, 0.3) is 0 Å². The molecule has 0 N–H and O–H groups in total. The van der Waals surface area contributed by atoms with Crippen molar-refractivity contribution in [2.24, 2.45) is 0 Å². The SMILES string of the molecule is Cc1ccc(C(C)(C)[c-]2ccc([Si](C)(C)C)c2)cc1.[Cl-].[Cl-].[Cl-].[Ti+4]. The third kappa shape index (κ3) is 6.65. The molecule has 0 saturated carbocycles. The molecule has 2 rings (SSSR count). The second kappa shape index (κ2) is 10.4. The fourth-order valence-corrected chi connectivity index (χ4v) is 3.61. The molecule has 5 heteroatoms. The Kier molecular flexibility index (Phi) is 12.7. The first-order chi connectivity index (χ1) is 8.71. The van der Waals surface area contributed by atoms with Crippen molar-refractivity contribution in [3.63, 3.8) is 0 Å². The van der Waals surface area contributed by atoms with Crippen LogP contribution in [-0.4, -0.2) is 8.07 Å². The van der Waals surface area contributed by atoms with Gasteiger partial charge in [-0.3, -0.25) is 0 Å². The average molecular weight is 424 g/mol. The molecule has 0 atom stereocenters. The molecule has 0 fully saturated rings. The maximum absolute atomic E-state index is 2.42. The molecule has 0 unspecified atom stereocenters. The number of hydrogen-bond acceptors (Lipinski definition) is 0. The standard InChI is InChI=1S/C18H25Si.3ClH.Ti/c1-14-7-9-15(10-8-14)18(2,3)16-11-12-17(13-16)19(4,5)6;;;;/h7-13H,1-6H3;3*1H;/q-1;;;;+4/p-3. The molecule has 2 aromatic rings. The molecule has 126 valence electrons. The summed E-state index contributed by atoms with van der Waals surface area (Å²) in [5.41, 5.74) is 4.25. The van der Waals surface area contributed by atoms with Crippen LogP contribution in [0, 0.1) is 6.92 Å². The Bertz CT molecular complexity index is 569. The van der Waals surface area contributed by atoms with Crippen molar-refractivity contribution in [2.45, 2.75) is 45.8 Å². The van der Waals surface area contributed by atoms with E-state index < -0.39 is 8.07 Å². The van der Waals surface area contributed by atoms with Crippen LogP contribution in [0.3, 0.4) is 0 Å². The summed E-state index contributed by atoms with van der Waals surface area (Å²) in [7, 11) is -1.20. The van der Waals surface area contributed by atoms with Crippen molar-refractivity contribution < 1.29 is 58.9 Å². The van der Waals surface area contributed by atoms with E-state index in [9.17, 15) is 0 Å². The molecule has 0 saturated heterocycles. The summed E-state index contributed by atoms with van der Waals surface area (Å²) in [5, 5.41) is 1.56. The maximum Gasteiger partial charge on any atom is 4.00 e. The van der Waals surface area contributed by atoms with Crippen LogP contribution in [0.1, 0.15) is 30.5 Å². The maximum atomic E-state index is 2.42. The number of rotatable bonds is 3. The van der Waals surface area contributed by atoms with Gasteiger partial charge in [0.25, 0.3) is 0 Å². The van der Waals surface area contributed by atoms with Gasteiger partial charge in [-0.25, -0.2) is 11.3 Å². The molecule has 0 amide bonds. The summed E-state index contributed by atoms with van der Waals surface area (Å²) in [5.74, 6) is 0. The van der Waals surface area contributed by atoms with Gasteiger partial charge in [0.05, 0.1) is 0 Å². The van der Waals surface area contributed by atoms with Crippen molar-refractivity contribution in [3.05, 3.63) is 59.2 Å². The molecule has 0 spiro atoms. The molecular formula is C18H25Cl3SiTi. The van der Waals surface area contributed by atoms with Gasteiger partial charge in [-0.1, -0.05) is 63.3 Å². The van der Waals surface area contributed by atoms with E-state index in [1.54, 1.807) is 5.19 Å². The number of aryl methyl sites for hydroxylation is 1. The van der Waals surface area contributed by atoms with E-state index in [0.717, 1.165) is 0 Å². The van der Waals surface area contributed by atoms with E-state index in [1.165, 1.54) is 16.7 Å². The van der Waals surface area contributed by atoms with Gasteiger partial charge in [0.1, 0.15) is 0 Å². The minimum Gasteiger partial charge on any atom is -1.00 e. The van der Waals surface area contributed by atoms with Gasteiger partial charge >= 0.3 is 21.7 Å². The summed E-state index contributed by atoms with van der Waals surface area (Å²) in [6, 6.07) is 16.0. The van der Waals surface area contributed by atoms with Crippen molar-refractivity contribution in [3.8, 4) is 0 Å². The molecule has 0 aromatic heterocycles. The molecule has 0 aliphatic rings. The Labute approximate surface area is 176 Å². The van der Waals surface area contributed by atoms with E-state index in [2.05, 4.69) is 82.9 Å². The number of halogens is 3. The van der Waals surface area contributed by atoms with Crippen LogP contribution in [0.4, 0.5) is 0 Å². The van der Waals surface area contributed by atoms with E-state index in [4.69, 9.17) is 0 Å². The van der Waals surface area contributed by atoms with Crippen LogP contribution in [0.5, 0.6) is 0 Å². The minimum absolute atomic E-state index is 0. The first kappa shape index (κ1) is 28.2. The Balaban J connectivity index is -0.000001000. The van der Waals surface area contributed by atoms with E-state index in [0.29, 0.717) is 0 Å². The van der Waals surface area contributed by atoms with Gasteiger partial charge < -0.3 is 37.2 Å². The molecule has 0 bridgehead atoms. The molecule has 0 nitrogen and oxygen atoms in total. The molecule has 0 radical (unpaired) electrons. The summed E-state index contributed by atoms with van der Waals surface area (Å²) >= 11 is 0. The Morgan fingerprint density at radius 2 is 1.35 bits per heavy atom. The molecule has 2 aromatic carbocycles. The Morgan fingerprint density at radius 3 is 1.74 bits per heavy atom. The first-order valence-electron chi connectivity index (χ1n) is 7.06. The predicted octanol–water partition coefficient (Wildman–Crippen LogP) is -4.41. The fourth-order valence-electron chi connectivity index (χ4n) is 2.44. The van der Waals surface area contributed by atoms with Crippen molar-refractivity contribution >= 4 is 13.3 Å². The fraction of sp³-hybridized carbons (Fsp3) is 0.389. The van der Waals surface area contributed by atoms with Crippen LogP contribution < -0.4 is 42.4 Å². The first-order valence-corrected chi connectivity index (χ1v) is 10.6. The van der Waals surface area contributed by atoms with Crippen LogP contribution in [0.15, 0.2) is 42.5 Å². The molecule has 23 heavy (non-hydrogen) atoms. The third-order valence-corrected chi connectivity index (χ3v) is 6.16. The topological polar surface area (TPSA) is 0 Å². The molecule has 0 heterocycles. The molecular weight excluding hydrogens is 399 g/mol. The molecule has 0 aliphatic heterocycles. The summed E-state index contributed by atoms with van der Waals surface area (Å²) in [6.07, 6.45) is 0. The summed E-state index contributed by atoms with van der Waals surface area (Å²) in [4.78, 5) is 0. The van der Waals surface area contributed by atoms with Gasteiger partial charge in [0, 0.05) is 8.07 Å². The average Bonchev–Trinajstić information content (AvgIpc) is 2.79. The van der Waals surface area contributed by atoms with Crippen molar-refractivity contribution in [1.82, 2.24) is 0 Å². The van der Waals surface area contributed by atoms with Crippen LogP contribution >= 0.6 is 0 Å². The Hall–Kier alpha value is 0.371. The van der Waals surface area contributed by atoms with Gasteiger partial charge in [-0.2, -0.15) is 12.1 Å². The molecule has 0 aliphatic carbocycles. The largest absolute Gasteiger partial charge is 4.00 e. The minimum atomic E-state index is -1.20. The van der Waals surface area contributed by atoms with Gasteiger partial charge in [-0.05, 0) is 17.9 Å². The van der Waals surface area contributed by atoms with E-state index in [-0.39, 0.29) is 64.4 Å². The summed E-state index contributed by atoms with van der Waals surface area (Å²) < 4.78 is 0. The zero-order chi connectivity index (χ0) is 14.3. The van der Waals surface area contributed by atoms with Gasteiger partial charge in [-0.15, -0.1) is 5.56 Å². The van der Waals surface area contributed by atoms with Crippen LogP contribution in [-0.2, 0) is 27.1 Å². The second-order valence-electron chi connectivity index (χ2n) is 7.13. The van der Waals surface area contributed by atoms with Crippen LogP contribution in [0.2, 0.25) is 19.6 Å². The van der Waals surface area contributed by atoms with Gasteiger partial charge in [0.15, 0.2) is 0 Å². The zero-order valence-corrected chi connectivity index (χ0v) is 19.5. The van der Waals surface area contributed by atoms with Crippen molar-refractivity contribution in [1.29, 1.82) is 0 Å². The van der Waals surface area contributed by atoms with E-state index >= 15 is 0 Å².